The van der Waals surface area contributed by atoms with Gasteiger partial charge in [0.15, 0.2) is 5.17 Å². The average molecular weight is 459 g/mol. The highest BCUT2D eigenvalue weighted by atomic mass is 32.2. The molecule has 2 heterocycles. The second-order valence-corrected chi connectivity index (χ2v) is 8.36. The number of nitro benzene ring substituents is 1. The van der Waals surface area contributed by atoms with Crippen molar-refractivity contribution in [2.45, 2.75) is 52.6 Å². The maximum absolute atomic E-state index is 12.9. The summed E-state index contributed by atoms with van der Waals surface area (Å²) < 4.78 is 5.28. The molecule has 1 aromatic carbocycles. The number of amides is 1. The first kappa shape index (κ1) is 23.5. The summed E-state index contributed by atoms with van der Waals surface area (Å²) in [5, 5.41) is 16.8. The number of amidine groups is 1. The van der Waals surface area contributed by atoms with Crippen LogP contribution in [0.25, 0.3) is 0 Å². The predicted octanol–water partition coefficient (Wildman–Crippen LogP) is 4.04. The third kappa shape index (κ3) is 4.85. The molecular weight excluding hydrogens is 432 g/mol. The number of non-ortho nitro benzene ring substituents is 1. The Bertz CT molecular complexity index is 1030. The third-order valence-corrected chi connectivity index (χ3v) is 6.14. The molecule has 0 bridgehead atoms. The van der Waals surface area contributed by atoms with Gasteiger partial charge in [-0.15, -0.1) is 0 Å². The van der Waals surface area contributed by atoms with Gasteiger partial charge in [-0.3, -0.25) is 14.9 Å². The van der Waals surface area contributed by atoms with Gasteiger partial charge in [0.2, 0.25) is 5.91 Å². The fourth-order valence-corrected chi connectivity index (χ4v) is 4.52. The van der Waals surface area contributed by atoms with E-state index in [2.05, 4.69) is 10.3 Å². The molecule has 1 N–H and O–H groups in total. The molecule has 2 atom stereocenters. The van der Waals surface area contributed by atoms with Crippen LogP contribution < -0.4 is 5.32 Å². The fourth-order valence-electron chi connectivity index (χ4n) is 3.56. The van der Waals surface area contributed by atoms with Gasteiger partial charge >= 0.3 is 5.97 Å². The number of hydrogen-bond acceptors (Lipinski definition) is 8. The minimum atomic E-state index is -0.695. The molecule has 0 aromatic heterocycles. The third-order valence-electron chi connectivity index (χ3n) is 5.25. The zero-order chi connectivity index (χ0) is 23.4. The maximum Gasteiger partial charge on any atom is 0.338 e. The van der Waals surface area contributed by atoms with E-state index >= 15 is 0 Å². The van der Waals surface area contributed by atoms with Crippen LogP contribution in [0.15, 0.2) is 51.6 Å². The van der Waals surface area contributed by atoms with Gasteiger partial charge in [0.1, 0.15) is 0 Å². The number of esters is 1. The lowest BCUT2D eigenvalue weighted by Gasteiger charge is -2.36. The van der Waals surface area contributed by atoms with E-state index in [1.54, 1.807) is 30.9 Å². The van der Waals surface area contributed by atoms with E-state index in [9.17, 15) is 19.7 Å². The molecule has 0 spiro atoms. The van der Waals surface area contributed by atoms with Gasteiger partial charge in [0.25, 0.3) is 5.69 Å². The quantitative estimate of drug-likeness (QED) is 0.355. The first-order valence-electron chi connectivity index (χ1n) is 10.4. The molecule has 3 rings (SSSR count). The molecule has 2 aliphatic rings. The fraction of sp³-hybridized carbons (Fsp3) is 0.409. The van der Waals surface area contributed by atoms with Crippen molar-refractivity contribution in [3.8, 4) is 0 Å². The highest BCUT2D eigenvalue weighted by Crippen LogP contribution is 2.45. The summed E-state index contributed by atoms with van der Waals surface area (Å²) in [5.74, 6) is -0.682. The van der Waals surface area contributed by atoms with Crippen LogP contribution in [0.5, 0.6) is 0 Å². The number of thioether (sulfide) groups is 1. The number of rotatable bonds is 8. The molecule has 9 nitrogen and oxygen atoms in total. The van der Waals surface area contributed by atoms with E-state index in [1.807, 2.05) is 19.3 Å². The summed E-state index contributed by atoms with van der Waals surface area (Å²) in [5.41, 5.74) is 1.91. The highest BCUT2D eigenvalue weighted by molar-refractivity contribution is 8.16. The number of hydrogen-bond donors (Lipinski definition) is 1. The minimum Gasteiger partial charge on any atom is -0.463 e. The van der Waals surface area contributed by atoms with Crippen LogP contribution in [0.3, 0.4) is 0 Å². The number of nitrogens with one attached hydrogen (secondary N) is 1. The van der Waals surface area contributed by atoms with Gasteiger partial charge in [-0.05, 0) is 38.2 Å². The number of nitro groups is 1. The van der Waals surface area contributed by atoms with E-state index in [0.29, 0.717) is 27.7 Å². The number of carbonyl (C=O) groups is 2. The van der Waals surface area contributed by atoms with Crippen molar-refractivity contribution in [3.05, 3.63) is 62.3 Å². The number of allylic oxidation sites excluding steroid dienone is 1. The normalized spacial score (nSPS) is 18.5. The van der Waals surface area contributed by atoms with Crippen molar-refractivity contribution in [3.63, 3.8) is 0 Å². The highest BCUT2D eigenvalue weighted by Gasteiger charge is 2.41. The summed E-state index contributed by atoms with van der Waals surface area (Å²) in [6.45, 7) is 7.53. The molecule has 170 valence electrons. The molecule has 2 aliphatic heterocycles. The number of carbonyl (C=O) groups excluding carboxylic acids is 2. The number of benzene rings is 1. The summed E-state index contributed by atoms with van der Waals surface area (Å²) in [7, 11) is 0. The monoisotopic (exact) mass is 458 g/mol. The van der Waals surface area contributed by atoms with Crippen molar-refractivity contribution < 1.29 is 19.2 Å². The van der Waals surface area contributed by atoms with Crippen molar-refractivity contribution in [2.24, 2.45) is 4.99 Å². The van der Waals surface area contributed by atoms with Crippen LogP contribution in [-0.4, -0.2) is 39.5 Å². The summed E-state index contributed by atoms with van der Waals surface area (Å²) >= 11 is 1.35. The molecule has 32 heavy (non-hydrogen) atoms. The van der Waals surface area contributed by atoms with Crippen LogP contribution in [0.2, 0.25) is 0 Å². The Labute approximate surface area is 190 Å². The average Bonchev–Trinajstić information content (AvgIpc) is 3.14. The Hall–Kier alpha value is -3.14. The SMILES string of the molecule is CCOC(=O)C1=C(C)N=C2SC=C(CC(=O)NC(C)CC)N2C1c1cccc([N+](=O)[O-])c1. The van der Waals surface area contributed by atoms with Crippen molar-refractivity contribution >= 4 is 34.5 Å². The first-order valence-corrected chi connectivity index (χ1v) is 11.3. The van der Waals surface area contributed by atoms with Crippen LogP contribution in [0.4, 0.5) is 5.69 Å². The van der Waals surface area contributed by atoms with Gasteiger partial charge in [-0.1, -0.05) is 30.8 Å². The second-order valence-electron chi connectivity index (χ2n) is 7.52. The van der Waals surface area contributed by atoms with E-state index in [4.69, 9.17) is 4.74 Å². The van der Waals surface area contributed by atoms with E-state index in [1.165, 1.54) is 23.9 Å². The van der Waals surface area contributed by atoms with Gasteiger partial charge in [0.05, 0.1) is 35.3 Å². The number of nitrogens with zero attached hydrogens (tertiary/aromatic N) is 3. The molecule has 1 amide bonds. The van der Waals surface area contributed by atoms with Gasteiger partial charge in [-0.25, -0.2) is 9.79 Å². The predicted molar refractivity (Wildman–Crippen MR) is 123 cm³/mol. The zero-order valence-corrected chi connectivity index (χ0v) is 19.3. The molecule has 0 radical (unpaired) electrons. The molecule has 0 aliphatic carbocycles. The van der Waals surface area contributed by atoms with Gasteiger partial charge in [0, 0.05) is 23.9 Å². The largest absolute Gasteiger partial charge is 0.463 e. The van der Waals surface area contributed by atoms with Gasteiger partial charge < -0.3 is 15.0 Å². The van der Waals surface area contributed by atoms with Crippen molar-refractivity contribution in [1.82, 2.24) is 10.2 Å². The number of ether oxygens (including phenoxy) is 1. The molecular formula is C22H26N4O5S. The standard InChI is InChI=1S/C22H26N4O5S/c1-5-13(3)23-18(27)11-17-12-32-22-24-14(4)19(21(28)31-6-2)20(25(17)22)15-8-7-9-16(10-15)26(29)30/h7-10,12-13,20H,5-6,11H2,1-4H3,(H,23,27). The van der Waals surface area contributed by atoms with Gasteiger partial charge in [-0.2, -0.15) is 0 Å². The molecule has 0 saturated carbocycles. The smallest absolute Gasteiger partial charge is 0.338 e. The Balaban J connectivity index is 2.05. The summed E-state index contributed by atoms with van der Waals surface area (Å²) in [6, 6.07) is 5.50. The molecule has 2 unspecified atom stereocenters. The number of fused-ring (bicyclic) bond motifs is 1. The van der Waals surface area contributed by atoms with Crippen molar-refractivity contribution in [2.75, 3.05) is 6.61 Å². The second kappa shape index (κ2) is 9.99. The van der Waals surface area contributed by atoms with E-state index in [0.717, 1.165) is 6.42 Å². The lowest BCUT2D eigenvalue weighted by molar-refractivity contribution is -0.384. The topological polar surface area (TPSA) is 114 Å². The lowest BCUT2D eigenvalue weighted by Crippen LogP contribution is -2.39. The summed E-state index contributed by atoms with van der Waals surface area (Å²) in [6.07, 6.45) is 0.901. The maximum atomic E-state index is 12.9. The Morgan fingerprint density at radius 1 is 1.38 bits per heavy atom. The lowest BCUT2D eigenvalue weighted by atomic mass is 9.93. The van der Waals surface area contributed by atoms with Crippen molar-refractivity contribution in [1.29, 1.82) is 0 Å². The summed E-state index contributed by atoms with van der Waals surface area (Å²) in [4.78, 5) is 42.8. The van der Waals surface area contributed by atoms with E-state index in [-0.39, 0.29) is 30.7 Å². The Morgan fingerprint density at radius 2 is 2.12 bits per heavy atom. The van der Waals surface area contributed by atoms with Crippen LogP contribution >= 0.6 is 11.8 Å². The molecule has 0 saturated heterocycles. The zero-order valence-electron chi connectivity index (χ0n) is 18.5. The number of aliphatic imine (C=N–C) groups is 1. The first-order chi connectivity index (χ1) is 15.3. The van der Waals surface area contributed by atoms with Crippen LogP contribution in [0.1, 0.15) is 52.1 Å². The molecule has 0 fully saturated rings. The van der Waals surface area contributed by atoms with Crippen LogP contribution in [0, 0.1) is 10.1 Å². The Kier molecular flexibility index (Phi) is 7.34. The molecule has 1 aromatic rings. The van der Waals surface area contributed by atoms with Crippen LogP contribution in [-0.2, 0) is 14.3 Å². The molecule has 10 heteroatoms. The Morgan fingerprint density at radius 3 is 2.78 bits per heavy atom. The van der Waals surface area contributed by atoms with E-state index < -0.39 is 16.9 Å². The minimum absolute atomic E-state index is 0.0384.